The Bertz CT molecular complexity index is 665. The molecule has 0 saturated carbocycles. The predicted octanol–water partition coefficient (Wildman–Crippen LogP) is 2.43. The van der Waals surface area contributed by atoms with Gasteiger partial charge in [-0.1, -0.05) is 30.3 Å². The fourth-order valence-electron chi connectivity index (χ4n) is 1.76. The van der Waals surface area contributed by atoms with Gasteiger partial charge in [0.05, 0.1) is 12.1 Å². The molecule has 2 N–H and O–H groups in total. The van der Waals surface area contributed by atoms with Crippen LogP contribution in [-0.2, 0) is 11.3 Å². The maximum atomic E-state index is 13.1. The van der Waals surface area contributed by atoms with Crippen LogP contribution in [0.2, 0.25) is 0 Å². The van der Waals surface area contributed by atoms with Gasteiger partial charge >= 0.3 is 0 Å². The highest BCUT2D eigenvalue weighted by Crippen LogP contribution is 2.13. The number of halogens is 1. The highest BCUT2D eigenvalue weighted by Gasteiger charge is 2.04. The summed E-state index contributed by atoms with van der Waals surface area (Å²) in [6.45, 7) is 0.511. The lowest BCUT2D eigenvalue weighted by Gasteiger charge is -2.08. The largest absolute Gasteiger partial charge is 0.376 e. The van der Waals surface area contributed by atoms with Crippen molar-refractivity contribution in [1.82, 2.24) is 5.32 Å². The second kappa shape index (κ2) is 7.06. The van der Waals surface area contributed by atoms with Crippen LogP contribution in [-0.4, -0.2) is 12.5 Å². The minimum atomic E-state index is -0.573. The predicted molar refractivity (Wildman–Crippen MR) is 77.9 cm³/mol. The van der Waals surface area contributed by atoms with Crippen molar-refractivity contribution in [3.63, 3.8) is 0 Å². The summed E-state index contributed by atoms with van der Waals surface area (Å²) >= 11 is 0. The van der Waals surface area contributed by atoms with Gasteiger partial charge in [-0.05, 0) is 23.8 Å². The highest BCUT2D eigenvalue weighted by molar-refractivity contribution is 5.80. The highest BCUT2D eigenvalue weighted by atomic mass is 19.1. The molecule has 5 heteroatoms. The van der Waals surface area contributed by atoms with E-state index in [0.717, 1.165) is 5.56 Å². The molecule has 1 amide bonds. The molecule has 2 aromatic carbocycles. The molecule has 0 aliphatic heterocycles. The molecule has 0 heterocycles. The van der Waals surface area contributed by atoms with Crippen molar-refractivity contribution in [2.75, 3.05) is 11.9 Å². The molecule has 0 bridgehead atoms. The topological polar surface area (TPSA) is 64.9 Å². The normalized spacial score (nSPS) is 9.71. The summed E-state index contributed by atoms with van der Waals surface area (Å²) in [5, 5.41) is 14.4. The lowest BCUT2D eigenvalue weighted by molar-refractivity contribution is -0.119. The first kappa shape index (κ1) is 14.5. The van der Waals surface area contributed by atoms with Gasteiger partial charge in [-0.3, -0.25) is 4.79 Å². The van der Waals surface area contributed by atoms with Gasteiger partial charge in [0, 0.05) is 12.2 Å². The van der Waals surface area contributed by atoms with E-state index in [-0.39, 0.29) is 18.0 Å². The van der Waals surface area contributed by atoms with Crippen molar-refractivity contribution in [3.05, 3.63) is 65.5 Å². The number of carbonyl (C=O) groups is 1. The Morgan fingerprint density at radius 1 is 1.19 bits per heavy atom. The molecule has 0 spiro atoms. The van der Waals surface area contributed by atoms with Crippen molar-refractivity contribution >= 4 is 11.6 Å². The number of amides is 1. The molecule has 2 aromatic rings. The molecule has 0 aromatic heterocycles. The Balaban J connectivity index is 1.83. The third kappa shape index (κ3) is 4.32. The lowest BCUT2D eigenvalue weighted by atomic mass is 10.2. The zero-order valence-corrected chi connectivity index (χ0v) is 11.3. The van der Waals surface area contributed by atoms with Gasteiger partial charge in [0.25, 0.3) is 0 Å². The van der Waals surface area contributed by atoms with Crippen molar-refractivity contribution in [2.45, 2.75) is 6.54 Å². The zero-order valence-electron chi connectivity index (χ0n) is 11.3. The molecule has 0 unspecified atom stereocenters. The summed E-state index contributed by atoms with van der Waals surface area (Å²) in [6, 6.07) is 15.4. The van der Waals surface area contributed by atoms with E-state index in [1.165, 1.54) is 18.2 Å². The van der Waals surface area contributed by atoms with E-state index in [9.17, 15) is 9.18 Å². The standard InChI is InChI=1S/C16H14FN3O/c17-15-7-6-14(8-13(15)9-18)19-11-16(21)20-10-12-4-2-1-3-5-12/h1-8,19H,10-11H2,(H,20,21). The minimum absolute atomic E-state index is 0.0512. The van der Waals surface area contributed by atoms with E-state index in [0.29, 0.717) is 12.2 Å². The van der Waals surface area contributed by atoms with Crippen molar-refractivity contribution < 1.29 is 9.18 Å². The van der Waals surface area contributed by atoms with Gasteiger partial charge in [-0.2, -0.15) is 5.26 Å². The van der Waals surface area contributed by atoms with E-state index < -0.39 is 5.82 Å². The first-order chi connectivity index (χ1) is 10.2. The molecule has 106 valence electrons. The summed E-state index contributed by atoms with van der Waals surface area (Å²) in [4.78, 5) is 11.7. The second-order valence-electron chi connectivity index (χ2n) is 4.42. The van der Waals surface area contributed by atoms with Gasteiger partial charge in [-0.15, -0.1) is 0 Å². The smallest absolute Gasteiger partial charge is 0.239 e. The molecule has 0 fully saturated rings. The van der Waals surface area contributed by atoms with Crippen LogP contribution in [0.5, 0.6) is 0 Å². The summed E-state index contributed by atoms with van der Waals surface area (Å²) in [5.41, 5.74) is 1.49. The van der Waals surface area contributed by atoms with Gasteiger partial charge in [0.15, 0.2) is 0 Å². The molecule has 0 aliphatic rings. The fourth-order valence-corrected chi connectivity index (χ4v) is 1.76. The monoisotopic (exact) mass is 283 g/mol. The number of anilines is 1. The molecule has 0 radical (unpaired) electrons. The molecule has 4 nitrogen and oxygen atoms in total. The number of nitriles is 1. The van der Waals surface area contributed by atoms with Crippen LogP contribution in [0.3, 0.4) is 0 Å². The number of rotatable bonds is 5. The first-order valence-electron chi connectivity index (χ1n) is 6.43. The number of nitrogens with one attached hydrogen (secondary N) is 2. The van der Waals surface area contributed by atoms with Crippen LogP contribution in [0.4, 0.5) is 10.1 Å². The van der Waals surface area contributed by atoms with Gasteiger partial charge < -0.3 is 10.6 Å². The molecule has 0 atom stereocenters. The van der Waals surface area contributed by atoms with Crippen molar-refractivity contribution in [1.29, 1.82) is 5.26 Å². The van der Waals surface area contributed by atoms with E-state index in [2.05, 4.69) is 10.6 Å². The Labute approximate surface area is 122 Å². The van der Waals surface area contributed by atoms with Crippen molar-refractivity contribution in [2.24, 2.45) is 0 Å². The summed E-state index contributed by atoms with van der Waals surface area (Å²) in [6.07, 6.45) is 0. The number of hydrogen-bond acceptors (Lipinski definition) is 3. The van der Waals surface area contributed by atoms with E-state index in [1.807, 2.05) is 30.3 Å². The summed E-state index contributed by atoms with van der Waals surface area (Å²) < 4.78 is 13.1. The van der Waals surface area contributed by atoms with Crippen LogP contribution in [0.1, 0.15) is 11.1 Å². The molecule has 2 rings (SSSR count). The van der Waals surface area contributed by atoms with E-state index in [1.54, 1.807) is 6.07 Å². The molecule has 0 aliphatic carbocycles. The van der Waals surface area contributed by atoms with Crippen LogP contribution in [0.25, 0.3) is 0 Å². The van der Waals surface area contributed by atoms with Crippen molar-refractivity contribution in [3.8, 4) is 6.07 Å². The fraction of sp³-hybridized carbons (Fsp3) is 0.125. The van der Waals surface area contributed by atoms with E-state index >= 15 is 0 Å². The number of benzene rings is 2. The average molecular weight is 283 g/mol. The Morgan fingerprint density at radius 3 is 2.67 bits per heavy atom. The van der Waals surface area contributed by atoms with Crippen LogP contribution in [0, 0.1) is 17.1 Å². The third-order valence-electron chi connectivity index (χ3n) is 2.87. The van der Waals surface area contributed by atoms with Crippen LogP contribution < -0.4 is 10.6 Å². The molecular weight excluding hydrogens is 269 g/mol. The van der Waals surface area contributed by atoms with Gasteiger partial charge in [0.2, 0.25) is 5.91 Å². The minimum Gasteiger partial charge on any atom is -0.376 e. The van der Waals surface area contributed by atoms with E-state index in [4.69, 9.17) is 5.26 Å². The molecule has 0 saturated heterocycles. The van der Waals surface area contributed by atoms with Crippen LogP contribution in [0.15, 0.2) is 48.5 Å². The first-order valence-corrected chi connectivity index (χ1v) is 6.43. The molecule has 21 heavy (non-hydrogen) atoms. The maximum absolute atomic E-state index is 13.1. The molecular formula is C16H14FN3O. The average Bonchev–Trinajstić information content (AvgIpc) is 2.53. The maximum Gasteiger partial charge on any atom is 0.239 e. The summed E-state index contributed by atoms with van der Waals surface area (Å²) in [7, 11) is 0. The lowest BCUT2D eigenvalue weighted by Crippen LogP contribution is -2.29. The SMILES string of the molecule is N#Cc1cc(NCC(=O)NCc2ccccc2)ccc1F. The Kier molecular flexibility index (Phi) is 4.89. The number of nitrogens with zero attached hydrogens (tertiary/aromatic N) is 1. The number of hydrogen-bond donors (Lipinski definition) is 2. The third-order valence-corrected chi connectivity index (χ3v) is 2.87. The van der Waals surface area contributed by atoms with Gasteiger partial charge in [0.1, 0.15) is 11.9 Å². The Morgan fingerprint density at radius 2 is 1.95 bits per heavy atom. The second-order valence-corrected chi connectivity index (χ2v) is 4.42. The summed E-state index contributed by atoms with van der Waals surface area (Å²) in [5.74, 6) is -0.752. The zero-order chi connectivity index (χ0) is 15.1. The van der Waals surface area contributed by atoms with Crippen LogP contribution >= 0.6 is 0 Å². The van der Waals surface area contributed by atoms with Gasteiger partial charge in [-0.25, -0.2) is 4.39 Å². The quantitative estimate of drug-likeness (QED) is 0.885. The Hall–Kier alpha value is -2.87. The number of carbonyl (C=O) groups excluding carboxylic acids is 1.